The molecule has 1 amide bonds. The van der Waals surface area contributed by atoms with Gasteiger partial charge in [-0.15, -0.1) is 5.10 Å². The molecule has 0 radical (unpaired) electrons. The molecule has 2 fully saturated rings. The van der Waals surface area contributed by atoms with Gasteiger partial charge in [0.25, 0.3) is 0 Å². The van der Waals surface area contributed by atoms with Gasteiger partial charge in [0.1, 0.15) is 6.10 Å². The Morgan fingerprint density at radius 2 is 2.19 bits per heavy atom. The Labute approximate surface area is 124 Å². The Bertz CT molecular complexity index is 462. The van der Waals surface area contributed by atoms with E-state index in [-0.39, 0.29) is 17.9 Å². The summed E-state index contributed by atoms with van der Waals surface area (Å²) in [6.45, 7) is 2.87. The van der Waals surface area contributed by atoms with E-state index >= 15 is 0 Å². The number of rotatable bonds is 3. The molecule has 0 aliphatic carbocycles. The number of hydrogen-bond donors (Lipinski definition) is 0. The van der Waals surface area contributed by atoms with Gasteiger partial charge in [-0.2, -0.15) is 5.10 Å². The largest absolute Gasteiger partial charge is 0.471 e. The molecule has 21 heavy (non-hydrogen) atoms. The number of aromatic nitrogens is 2. The molecule has 0 N–H and O–H groups in total. The van der Waals surface area contributed by atoms with Crippen LogP contribution in [0.1, 0.15) is 25.7 Å². The summed E-state index contributed by atoms with van der Waals surface area (Å²) in [5.74, 6) is 0.905. The maximum atomic E-state index is 12.5. The standard InChI is InChI=1S/C15H21N3O3/c19-15(12-5-9-20-10-6-12)18-8-2-3-13(11-18)21-14-4-1-7-16-17-14/h1,4,7,12-13H,2-3,5-6,8-11H2. The van der Waals surface area contributed by atoms with Crippen LogP contribution in [-0.4, -0.2) is 53.4 Å². The predicted octanol–water partition coefficient (Wildman–Crippen LogP) is 1.27. The molecule has 1 atom stereocenters. The second-order valence-electron chi connectivity index (χ2n) is 5.61. The Morgan fingerprint density at radius 3 is 2.95 bits per heavy atom. The van der Waals surface area contributed by atoms with Crippen LogP contribution in [0.25, 0.3) is 0 Å². The Balaban J connectivity index is 1.56. The van der Waals surface area contributed by atoms with Crippen LogP contribution < -0.4 is 4.74 Å². The van der Waals surface area contributed by atoms with E-state index in [0.717, 1.165) is 32.2 Å². The van der Waals surface area contributed by atoms with Gasteiger partial charge in [0.05, 0.1) is 6.54 Å². The highest BCUT2D eigenvalue weighted by atomic mass is 16.5. The van der Waals surface area contributed by atoms with Crippen molar-refractivity contribution < 1.29 is 14.3 Å². The van der Waals surface area contributed by atoms with Crippen molar-refractivity contribution in [2.24, 2.45) is 5.92 Å². The van der Waals surface area contributed by atoms with E-state index in [1.165, 1.54) is 0 Å². The first-order valence-corrected chi connectivity index (χ1v) is 7.64. The minimum Gasteiger partial charge on any atom is -0.471 e. The minimum absolute atomic E-state index is 0.0132. The van der Waals surface area contributed by atoms with Gasteiger partial charge < -0.3 is 14.4 Å². The Hall–Kier alpha value is -1.69. The summed E-state index contributed by atoms with van der Waals surface area (Å²) in [5, 5.41) is 7.75. The molecule has 3 rings (SSSR count). The molecule has 1 aromatic rings. The monoisotopic (exact) mass is 291 g/mol. The van der Waals surface area contributed by atoms with Gasteiger partial charge in [-0.3, -0.25) is 4.79 Å². The van der Waals surface area contributed by atoms with Crippen molar-refractivity contribution in [2.75, 3.05) is 26.3 Å². The maximum Gasteiger partial charge on any atom is 0.233 e. The lowest BCUT2D eigenvalue weighted by atomic mass is 9.97. The topological polar surface area (TPSA) is 64.5 Å². The molecule has 2 aliphatic heterocycles. The van der Waals surface area contributed by atoms with Crippen molar-refractivity contribution in [2.45, 2.75) is 31.8 Å². The summed E-state index contributed by atoms with van der Waals surface area (Å²) in [6.07, 6.45) is 5.23. The van der Waals surface area contributed by atoms with E-state index in [9.17, 15) is 4.79 Å². The van der Waals surface area contributed by atoms with Crippen LogP contribution in [0.3, 0.4) is 0 Å². The third kappa shape index (κ3) is 3.69. The molecule has 0 aromatic carbocycles. The van der Waals surface area contributed by atoms with Gasteiger partial charge in [-0.05, 0) is 31.7 Å². The highest BCUT2D eigenvalue weighted by molar-refractivity contribution is 5.79. The van der Waals surface area contributed by atoms with Crippen molar-refractivity contribution >= 4 is 5.91 Å². The fraction of sp³-hybridized carbons (Fsp3) is 0.667. The number of piperidine rings is 1. The molecule has 3 heterocycles. The number of likely N-dealkylation sites (tertiary alicyclic amines) is 1. The first-order valence-electron chi connectivity index (χ1n) is 7.64. The van der Waals surface area contributed by atoms with E-state index in [2.05, 4.69) is 10.2 Å². The summed E-state index contributed by atoms with van der Waals surface area (Å²) >= 11 is 0. The van der Waals surface area contributed by atoms with Crippen molar-refractivity contribution in [3.8, 4) is 5.88 Å². The number of carbonyl (C=O) groups is 1. The normalized spacial score (nSPS) is 23.8. The molecule has 1 aromatic heterocycles. The number of carbonyl (C=O) groups excluding carboxylic acids is 1. The van der Waals surface area contributed by atoms with Crippen LogP contribution in [0.15, 0.2) is 18.3 Å². The molecular weight excluding hydrogens is 270 g/mol. The third-order valence-electron chi connectivity index (χ3n) is 4.10. The molecule has 2 aliphatic rings. The number of hydrogen-bond acceptors (Lipinski definition) is 5. The van der Waals surface area contributed by atoms with Crippen molar-refractivity contribution in [3.63, 3.8) is 0 Å². The zero-order valence-corrected chi connectivity index (χ0v) is 12.1. The van der Waals surface area contributed by atoms with E-state index in [1.54, 1.807) is 18.3 Å². The average molecular weight is 291 g/mol. The molecule has 2 saturated heterocycles. The van der Waals surface area contributed by atoms with Crippen LogP contribution in [0.4, 0.5) is 0 Å². The van der Waals surface area contributed by atoms with Gasteiger partial charge in [0.2, 0.25) is 11.8 Å². The fourth-order valence-electron chi connectivity index (χ4n) is 2.96. The smallest absolute Gasteiger partial charge is 0.233 e. The lowest BCUT2D eigenvalue weighted by molar-refractivity contribution is -0.141. The molecule has 0 spiro atoms. The summed E-state index contributed by atoms with van der Waals surface area (Å²) in [4.78, 5) is 14.5. The Morgan fingerprint density at radius 1 is 1.33 bits per heavy atom. The zero-order chi connectivity index (χ0) is 14.5. The summed E-state index contributed by atoms with van der Waals surface area (Å²) in [6, 6.07) is 3.60. The average Bonchev–Trinajstić information content (AvgIpc) is 2.56. The quantitative estimate of drug-likeness (QED) is 0.839. The van der Waals surface area contributed by atoms with Crippen LogP contribution in [0, 0.1) is 5.92 Å². The summed E-state index contributed by atoms with van der Waals surface area (Å²) in [7, 11) is 0. The highest BCUT2D eigenvalue weighted by Gasteiger charge is 2.30. The SMILES string of the molecule is O=C(C1CCOCC1)N1CCCC(Oc2cccnn2)C1. The van der Waals surface area contributed by atoms with Crippen LogP contribution in [0.5, 0.6) is 5.88 Å². The van der Waals surface area contributed by atoms with Crippen LogP contribution >= 0.6 is 0 Å². The van der Waals surface area contributed by atoms with Crippen molar-refractivity contribution in [1.29, 1.82) is 0 Å². The first kappa shape index (κ1) is 14.3. The summed E-state index contributed by atoms with van der Waals surface area (Å²) < 4.78 is 11.2. The number of ether oxygens (including phenoxy) is 2. The van der Waals surface area contributed by atoms with E-state index in [1.807, 2.05) is 4.90 Å². The van der Waals surface area contributed by atoms with Gasteiger partial charge in [-0.25, -0.2) is 0 Å². The third-order valence-corrected chi connectivity index (χ3v) is 4.10. The molecule has 6 heteroatoms. The van der Waals surface area contributed by atoms with Crippen LogP contribution in [-0.2, 0) is 9.53 Å². The second-order valence-corrected chi connectivity index (χ2v) is 5.61. The zero-order valence-electron chi connectivity index (χ0n) is 12.1. The minimum atomic E-state index is 0.0132. The maximum absolute atomic E-state index is 12.5. The Kier molecular flexibility index (Phi) is 4.65. The van der Waals surface area contributed by atoms with E-state index in [0.29, 0.717) is 25.6 Å². The molecule has 6 nitrogen and oxygen atoms in total. The predicted molar refractivity (Wildman–Crippen MR) is 75.8 cm³/mol. The van der Waals surface area contributed by atoms with Gasteiger partial charge in [0, 0.05) is 37.9 Å². The van der Waals surface area contributed by atoms with Crippen molar-refractivity contribution in [3.05, 3.63) is 18.3 Å². The van der Waals surface area contributed by atoms with Gasteiger partial charge in [-0.1, -0.05) is 0 Å². The number of nitrogens with zero attached hydrogens (tertiary/aromatic N) is 3. The molecule has 0 bridgehead atoms. The van der Waals surface area contributed by atoms with Gasteiger partial charge in [0.15, 0.2) is 0 Å². The molecule has 1 unspecified atom stereocenters. The molecule has 0 saturated carbocycles. The van der Waals surface area contributed by atoms with Gasteiger partial charge >= 0.3 is 0 Å². The fourth-order valence-corrected chi connectivity index (χ4v) is 2.96. The second kappa shape index (κ2) is 6.85. The lowest BCUT2D eigenvalue weighted by Gasteiger charge is -2.35. The lowest BCUT2D eigenvalue weighted by Crippen LogP contribution is -2.47. The highest BCUT2D eigenvalue weighted by Crippen LogP contribution is 2.22. The molecular formula is C15H21N3O3. The van der Waals surface area contributed by atoms with E-state index in [4.69, 9.17) is 9.47 Å². The first-order chi connectivity index (χ1) is 10.3. The number of amides is 1. The van der Waals surface area contributed by atoms with Crippen molar-refractivity contribution in [1.82, 2.24) is 15.1 Å². The van der Waals surface area contributed by atoms with Crippen LogP contribution in [0.2, 0.25) is 0 Å². The summed E-state index contributed by atoms with van der Waals surface area (Å²) in [5.41, 5.74) is 0. The molecule has 114 valence electrons. The van der Waals surface area contributed by atoms with E-state index < -0.39 is 0 Å².